The smallest absolute Gasteiger partial charge is 0.315 e. The standard InChI is InChI=1S/C26H35N3O7/c1-16(2)29-26(32)28-13-19-11-20-22(34-19)24(33-15-17-7-4-3-5-8-17)23(21(14-30)35-20)36-25(31)18-9-6-10-27-12-18/h3-10,12,16,19-25,30-31H,11,13-15H2,1-2H3,(H2,28,29,32). The van der Waals surface area contributed by atoms with Crippen LogP contribution in [-0.4, -0.2) is 77.0 Å². The number of rotatable bonds is 10. The molecule has 2 aliphatic rings. The maximum absolute atomic E-state index is 12.0. The van der Waals surface area contributed by atoms with Gasteiger partial charge in [-0.1, -0.05) is 36.4 Å². The first kappa shape index (κ1) is 26.5. The Morgan fingerprint density at radius 1 is 1.17 bits per heavy atom. The predicted octanol–water partition coefficient (Wildman–Crippen LogP) is 1.67. The number of carbonyl (C=O) groups is 1. The summed E-state index contributed by atoms with van der Waals surface area (Å²) in [6.45, 7) is 4.04. The molecule has 7 unspecified atom stereocenters. The van der Waals surface area contributed by atoms with Gasteiger partial charge in [-0.3, -0.25) is 4.98 Å². The fourth-order valence-corrected chi connectivity index (χ4v) is 4.55. The van der Waals surface area contributed by atoms with Crippen LogP contribution < -0.4 is 10.6 Å². The van der Waals surface area contributed by atoms with E-state index in [0.717, 1.165) is 5.56 Å². The fourth-order valence-electron chi connectivity index (χ4n) is 4.55. The number of carbonyl (C=O) groups excluding carboxylic acids is 1. The zero-order valence-electron chi connectivity index (χ0n) is 20.5. The van der Waals surface area contributed by atoms with Gasteiger partial charge in [0.15, 0.2) is 6.29 Å². The highest BCUT2D eigenvalue weighted by molar-refractivity contribution is 5.74. The van der Waals surface area contributed by atoms with E-state index in [4.69, 9.17) is 18.9 Å². The second-order valence-corrected chi connectivity index (χ2v) is 9.36. The lowest BCUT2D eigenvalue weighted by molar-refractivity contribution is -0.280. The number of nitrogens with zero attached hydrogens (tertiary/aromatic N) is 1. The van der Waals surface area contributed by atoms with Crippen LogP contribution in [0.15, 0.2) is 54.9 Å². The minimum absolute atomic E-state index is 0.0191. The van der Waals surface area contributed by atoms with E-state index in [-0.39, 0.29) is 30.9 Å². The second kappa shape index (κ2) is 12.6. The molecule has 1 aromatic heterocycles. The van der Waals surface area contributed by atoms with E-state index < -0.39 is 30.7 Å². The van der Waals surface area contributed by atoms with Gasteiger partial charge in [-0.05, 0) is 25.5 Å². The van der Waals surface area contributed by atoms with Gasteiger partial charge >= 0.3 is 6.03 Å². The molecule has 1 aromatic carbocycles. The average Bonchev–Trinajstić information content (AvgIpc) is 3.30. The lowest BCUT2D eigenvalue weighted by atomic mass is 9.94. The molecule has 2 aromatic rings. The number of aromatic nitrogens is 1. The Balaban J connectivity index is 1.49. The Morgan fingerprint density at radius 3 is 2.67 bits per heavy atom. The first-order valence-corrected chi connectivity index (χ1v) is 12.3. The van der Waals surface area contributed by atoms with Gasteiger partial charge < -0.3 is 39.8 Å². The molecule has 3 heterocycles. The van der Waals surface area contributed by atoms with Crippen LogP contribution in [0.2, 0.25) is 0 Å². The van der Waals surface area contributed by atoms with Gasteiger partial charge in [0, 0.05) is 37.0 Å². The monoisotopic (exact) mass is 501 g/mol. The third-order valence-electron chi connectivity index (χ3n) is 6.21. The number of fused-ring (bicyclic) bond motifs is 1. The second-order valence-electron chi connectivity index (χ2n) is 9.36. The molecule has 0 spiro atoms. The van der Waals surface area contributed by atoms with Crippen LogP contribution in [-0.2, 0) is 25.6 Å². The number of hydrogen-bond donors (Lipinski definition) is 4. The van der Waals surface area contributed by atoms with E-state index in [9.17, 15) is 15.0 Å². The Bertz CT molecular complexity index is 949. The number of benzene rings is 1. The van der Waals surface area contributed by atoms with Crippen molar-refractivity contribution in [2.24, 2.45) is 0 Å². The van der Waals surface area contributed by atoms with Crippen LogP contribution >= 0.6 is 0 Å². The van der Waals surface area contributed by atoms with Crippen LogP contribution in [0.4, 0.5) is 4.79 Å². The third kappa shape index (κ3) is 6.78. The number of pyridine rings is 1. The van der Waals surface area contributed by atoms with Crippen molar-refractivity contribution >= 4 is 6.03 Å². The zero-order valence-corrected chi connectivity index (χ0v) is 20.5. The normalized spacial score (nSPS) is 28.5. The van der Waals surface area contributed by atoms with Crippen LogP contribution in [0.1, 0.15) is 37.7 Å². The van der Waals surface area contributed by atoms with Gasteiger partial charge in [0.2, 0.25) is 0 Å². The summed E-state index contributed by atoms with van der Waals surface area (Å²) in [5.41, 5.74) is 1.44. The molecule has 2 aliphatic heterocycles. The van der Waals surface area contributed by atoms with E-state index in [2.05, 4.69) is 15.6 Å². The molecule has 36 heavy (non-hydrogen) atoms. The van der Waals surface area contributed by atoms with Gasteiger partial charge in [-0.2, -0.15) is 0 Å². The molecule has 4 N–H and O–H groups in total. The molecule has 196 valence electrons. The summed E-state index contributed by atoms with van der Waals surface area (Å²) in [6.07, 6.45) is -1.02. The highest BCUT2D eigenvalue weighted by Crippen LogP contribution is 2.37. The number of nitrogens with one attached hydrogen (secondary N) is 2. The van der Waals surface area contributed by atoms with Crippen molar-refractivity contribution in [3.05, 3.63) is 66.0 Å². The Hall–Kier alpha value is -2.60. The highest BCUT2D eigenvalue weighted by Gasteiger charge is 2.53. The molecule has 2 fully saturated rings. The number of aliphatic hydroxyl groups is 2. The van der Waals surface area contributed by atoms with E-state index >= 15 is 0 Å². The fraction of sp³-hybridized carbons (Fsp3) is 0.538. The minimum atomic E-state index is -1.29. The highest BCUT2D eigenvalue weighted by atomic mass is 16.7. The summed E-state index contributed by atoms with van der Waals surface area (Å²) in [5, 5.41) is 26.5. The van der Waals surface area contributed by atoms with Gasteiger partial charge in [-0.25, -0.2) is 4.79 Å². The molecule has 2 amide bonds. The minimum Gasteiger partial charge on any atom is -0.394 e. The van der Waals surface area contributed by atoms with E-state index in [0.29, 0.717) is 25.1 Å². The molecule has 0 radical (unpaired) electrons. The van der Waals surface area contributed by atoms with Crippen molar-refractivity contribution in [3.8, 4) is 0 Å². The number of aliphatic hydroxyl groups excluding tert-OH is 2. The molecule has 0 bridgehead atoms. The number of hydrogen-bond acceptors (Lipinski definition) is 8. The van der Waals surface area contributed by atoms with Crippen molar-refractivity contribution < 1.29 is 34.0 Å². The van der Waals surface area contributed by atoms with Crippen molar-refractivity contribution in [2.75, 3.05) is 13.2 Å². The topological polar surface area (TPSA) is 131 Å². The average molecular weight is 502 g/mol. The largest absolute Gasteiger partial charge is 0.394 e. The van der Waals surface area contributed by atoms with Gasteiger partial charge in [-0.15, -0.1) is 0 Å². The Kier molecular flexibility index (Phi) is 9.24. The van der Waals surface area contributed by atoms with Gasteiger partial charge in [0.1, 0.15) is 24.4 Å². The van der Waals surface area contributed by atoms with Crippen LogP contribution in [0, 0.1) is 0 Å². The van der Waals surface area contributed by atoms with E-state index in [1.807, 2.05) is 44.2 Å². The Labute approximate surface area is 210 Å². The van der Waals surface area contributed by atoms with Crippen LogP contribution in [0.5, 0.6) is 0 Å². The summed E-state index contributed by atoms with van der Waals surface area (Å²) in [6, 6.07) is 12.9. The molecule has 10 nitrogen and oxygen atoms in total. The lowest BCUT2D eigenvalue weighted by Crippen LogP contribution is -2.59. The molecular formula is C26H35N3O7. The van der Waals surface area contributed by atoms with E-state index in [1.54, 1.807) is 18.3 Å². The van der Waals surface area contributed by atoms with Crippen molar-refractivity contribution in [3.63, 3.8) is 0 Å². The molecule has 2 saturated heterocycles. The van der Waals surface area contributed by atoms with Gasteiger partial charge in [0.05, 0.1) is 25.4 Å². The van der Waals surface area contributed by atoms with Crippen molar-refractivity contribution in [1.29, 1.82) is 0 Å². The van der Waals surface area contributed by atoms with Crippen LogP contribution in [0.3, 0.4) is 0 Å². The Morgan fingerprint density at radius 2 is 1.97 bits per heavy atom. The summed E-state index contributed by atoms with van der Waals surface area (Å²) in [4.78, 5) is 16.1. The molecular weight excluding hydrogens is 466 g/mol. The SMILES string of the molecule is CC(C)NC(=O)NCC1CC2OC(CO)C(OC(O)c3cccnc3)C(OCc3ccccc3)C2O1. The molecule has 4 rings (SSSR count). The molecule has 10 heteroatoms. The number of urea groups is 1. The molecule has 0 aliphatic carbocycles. The summed E-state index contributed by atoms with van der Waals surface area (Å²) >= 11 is 0. The van der Waals surface area contributed by atoms with Gasteiger partial charge in [0.25, 0.3) is 0 Å². The molecule has 0 saturated carbocycles. The summed E-state index contributed by atoms with van der Waals surface area (Å²) < 4.78 is 24.8. The number of amides is 2. The quantitative estimate of drug-likeness (QED) is 0.362. The van der Waals surface area contributed by atoms with Crippen molar-refractivity contribution in [1.82, 2.24) is 15.6 Å². The summed E-state index contributed by atoms with van der Waals surface area (Å²) in [7, 11) is 0. The summed E-state index contributed by atoms with van der Waals surface area (Å²) in [5.74, 6) is 0. The van der Waals surface area contributed by atoms with Crippen molar-refractivity contribution in [2.45, 2.75) is 75.8 Å². The number of ether oxygens (including phenoxy) is 4. The third-order valence-corrected chi connectivity index (χ3v) is 6.21. The first-order valence-electron chi connectivity index (χ1n) is 12.3. The first-order chi connectivity index (χ1) is 17.4. The predicted molar refractivity (Wildman–Crippen MR) is 130 cm³/mol. The van der Waals surface area contributed by atoms with E-state index in [1.165, 1.54) is 6.20 Å². The maximum atomic E-state index is 12.0. The lowest BCUT2D eigenvalue weighted by Gasteiger charge is -2.43. The zero-order chi connectivity index (χ0) is 25.5. The van der Waals surface area contributed by atoms with Crippen LogP contribution in [0.25, 0.3) is 0 Å². The maximum Gasteiger partial charge on any atom is 0.315 e. The molecule has 7 atom stereocenters.